The Kier molecular flexibility index (Phi) is 3.92. The Labute approximate surface area is 115 Å². The highest BCUT2D eigenvalue weighted by molar-refractivity contribution is 5.94. The van der Waals surface area contributed by atoms with Gasteiger partial charge in [0, 0.05) is 13.1 Å². The van der Waals surface area contributed by atoms with Gasteiger partial charge in [-0.05, 0) is 30.5 Å². The van der Waals surface area contributed by atoms with Crippen molar-refractivity contribution in [1.29, 1.82) is 0 Å². The van der Waals surface area contributed by atoms with Crippen molar-refractivity contribution in [1.82, 2.24) is 0 Å². The highest BCUT2D eigenvalue weighted by Crippen LogP contribution is 2.36. The number of benzene rings is 1. The lowest BCUT2D eigenvalue weighted by Crippen LogP contribution is -2.47. The number of anilines is 1. The smallest absolute Gasteiger partial charge is 0.416 e. The van der Waals surface area contributed by atoms with Crippen LogP contribution in [0.1, 0.15) is 35.7 Å². The molecule has 110 valence electrons. The van der Waals surface area contributed by atoms with Crippen molar-refractivity contribution in [2.75, 3.05) is 18.0 Å². The molecule has 6 heteroatoms. The van der Waals surface area contributed by atoms with Crippen molar-refractivity contribution < 1.29 is 23.1 Å². The Morgan fingerprint density at radius 3 is 2.55 bits per heavy atom. The zero-order valence-corrected chi connectivity index (χ0v) is 11.1. The van der Waals surface area contributed by atoms with E-state index in [-0.39, 0.29) is 11.3 Å². The Morgan fingerprint density at radius 2 is 2.05 bits per heavy atom. The maximum absolute atomic E-state index is 12.7. The molecule has 1 aromatic rings. The van der Waals surface area contributed by atoms with E-state index in [9.17, 15) is 18.0 Å². The Balaban J connectivity index is 2.27. The first-order valence-electron chi connectivity index (χ1n) is 6.52. The summed E-state index contributed by atoms with van der Waals surface area (Å²) in [6.07, 6.45) is -2.43. The van der Waals surface area contributed by atoms with E-state index >= 15 is 0 Å². The molecule has 0 radical (unpaired) electrons. The normalized spacial score (nSPS) is 16.1. The molecule has 0 unspecified atom stereocenters. The van der Waals surface area contributed by atoms with Crippen LogP contribution in [0.4, 0.5) is 18.9 Å². The fourth-order valence-electron chi connectivity index (χ4n) is 2.51. The van der Waals surface area contributed by atoms with Crippen molar-refractivity contribution in [2.24, 2.45) is 5.92 Å². The number of hydrogen-bond donors (Lipinski definition) is 1. The van der Waals surface area contributed by atoms with Gasteiger partial charge in [0.1, 0.15) is 0 Å². The van der Waals surface area contributed by atoms with Gasteiger partial charge in [0.2, 0.25) is 0 Å². The maximum Gasteiger partial charge on any atom is 0.416 e. The van der Waals surface area contributed by atoms with E-state index in [1.807, 2.05) is 0 Å². The van der Waals surface area contributed by atoms with Gasteiger partial charge in [-0.3, -0.25) is 0 Å². The molecule has 20 heavy (non-hydrogen) atoms. The summed E-state index contributed by atoms with van der Waals surface area (Å²) in [5, 5.41) is 9.09. The first kappa shape index (κ1) is 14.7. The molecule has 1 fully saturated rings. The number of carbonyl (C=O) groups is 1. The second-order valence-corrected chi connectivity index (χ2v) is 5.09. The Hall–Kier alpha value is -1.72. The Bertz CT molecular complexity index is 508. The van der Waals surface area contributed by atoms with Gasteiger partial charge in [0.05, 0.1) is 16.8 Å². The predicted octanol–water partition coefficient (Wildman–Crippen LogP) is 3.64. The summed E-state index contributed by atoms with van der Waals surface area (Å²) in [4.78, 5) is 12.8. The van der Waals surface area contributed by atoms with Crippen LogP contribution in [0.25, 0.3) is 0 Å². The highest BCUT2D eigenvalue weighted by atomic mass is 19.4. The van der Waals surface area contributed by atoms with Gasteiger partial charge in [-0.15, -0.1) is 0 Å². The highest BCUT2D eigenvalue weighted by Gasteiger charge is 2.34. The summed E-state index contributed by atoms with van der Waals surface area (Å²) in [6.45, 7) is 3.29. The quantitative estimate of drug-likeness (QED) is 0.919. The lowest BCUT2D eigenvalue weighted by molar-refractivity contribution is -0.137. The van der Waals surface area contributed by atoms with Gasteiger partial charge in [-0.1, -0.05) is 13.3 Å². The molecule has 0 aromatic heterocycles. The van der Waals surface area contributed by atoms with Crippen LogP contribution in [0, 0.1) is 5.92 Å². The first-order valence-corrected chi connectivity index (χ1v) is 6.52. The summed E-state index contributed by atoms with van der Waals surface area (Å²) in [5.41, 5.74) is -0.718. The van der Waals surface area contributed by atoms with Crippen LogP contribution in [-0.4, -0.2) is 24.2 Å². The molecule has 0 bridgehead atoms. The van der Waals surface area contributed by atoms with E-state index < -0.39 is 17.7 Å². The average Bonchev–Trinajstić information content (AvgIpc) is 2.31. The molecule has 2 rings (SSSR count). The molecule has 1 saturated heterocycles. The summed E-state index contributed by atoms with van der Waals surface area (Å²) < 4.78 is 38.2. The SMILES string of the molecule is CCCC1CN(c2cc(C(F)(F)F)ccc2C(=O)O)C1. The number of carboxylic acids is 1. The molecule has 1 aliphatic rings. The monoisotopic (exact) mass is 287 g/mol. The van der Waals surface area contributed by atoms with Crippen LogP contribution >= 0.6 is 0 Å². The molecular formula is C14H16F3NO2. The Morgan fingerprint density at radius 1 is 1.40 bits per heavy atom. The van der Waals surface area contributed by atoms with Crippen LogP contribution in [-0.2, 0) is 6.18 Å². The fraction of sp³-hybridized carbons (Fsp3) is 0.500. The van der Waals surface area contributed by atoms with Crippen LogP contribution in [0.5, 0.6) is 0 Å². The van der Waals surface area contributed by atoms with Crippen molar-refractivity contribution >= 4 is 11.7 Å². The van der Waals surface area contributed by atoms with E-state index in [2.05, 4.69) is 6.92 Å². The van der Waals surface area contributed by atoms with Crippen LogP contribution in [0.3, 0.4) is 0 Å². The first-order chi connectivity index (χ1) is 9.32. The molecule has 1 N–H and O–H groups in total. The van der Waals surface area contributed by atoms with Crippen LogP contribution in [0.2, 0.25) is 0 Å². The van der Waals surface area contributed by atoms with Crippen LogP contribution < -0.4 is 4.90 Å². The van der Waals surface area contributed by atoms with E-state index in [0.29, 0.717) is 19.0 Å². The fourth-order valence-corrected chi connectivity index (χ4v) is 2.51. The minimum absolute atomic E-state index is 0.0760. The average molecular weight is 287 g/mol. The van der Waals surface area contributed by atoms with Gasteiger partial charge in [-0.2, -0.15) is 13.2 Å². The molecule has 0 atom stereocenters. The largest absolute Gasteiger partial charge is 0.478 e. The topological polar surface area (TPSA) is 40.5 Å². The summed E-state index contributed by atoms with van der Waals surface area (Å²) in [6, 6.07) is 2.79. The second-order valence-electron chi connectivity index (χ2n) is 5.09. The van der Waals surface area contributed by atoms with Crippen molar-refractivity contribution in [3.63, 3.8) is 0 Å². The third-order valence-electron chi connectivity index (χ3n) is 3.55. The van der Waals surface area contributed by atoms with E-state index in [1.165, 1.54) is 0 Å². The minimum Gasteiger partial charge on any atom is -0.478 e. The van der Waals surface area contributed by atoms with Crippen LogP contribution in [0.15, 0.2) is 18.2 Å². The number of alkyl halides is 3. The lowest BCUT2D eigenvalue weighted by Gasteiger charge is -2.42. The van der Waals surface area contributed by atoms with E-state index in [4.69, 9.17) is 5.11 Å². The van der Waals surface area contributed by atoms with Gasteiger partial charge >= 0.3 is 12.1 Å². The molecule has 1 heterocycles. The number of rotatable bonds is 4. The van der Waals surface area contributed by atoms with E-state index in [1.54, 1.807) is 4.90 Å². The number of aromatic carboxylic acids is 1. The van der Waals surface area contributed by atoms with Gasteiger partial charge in [0.15, 0.2) is 0 Å². The third-order valence-corrected chi connectivity index (χ3v) is 3.55. The summed E-state index contributed by atoms with van der Waals surface area (Å²) in [7, 11) is 0. The molecule has 0 aliphatic carbocycles. The van der Waals surface area contributed by atoms with Gasteiger partial charge in [0.25, 0.3) is 0 Å². The van der Waals surface area contributed by atoms with Crippen molar-refractivity contribution in [2.45, 2.75) is 25.9 Å². The molecule has 1 aromatic carbocycles. The predicted molar refractivity (Wildman–Crippen MR) is 69.0 cm³/mol. The number of halogens is 3. The second kappa shape index (κ2) is 5.34. The zero-order valence-electron chi connectivity index (χ0n) is 11.1. The van der Waals surface area contributed by atoms with E-state index in [0.717, 1.165) is 31.0 Å². The molecule has 0 amide bonds. The van der Waals surface area contributed by atoms with Gasteiger partial charge in [-0.25, -0.2) is 4.79 Å². The lowest BCUT2D eigenvalue weighted by atomic mass is 9.93. The molecule has 0 saturated carbocycles. The molecule has 1 aliphatic heterocycles. The summed E-state index contributed by atoms with van der Waals surface area (Å²) in [5.74, 6) is -0.760. The molecule has 3 nitrogen and oxygen atoms in total. The summed E-state index contributed by atoms with van der Waals surface area (Å²) >= 11 is 0. The number of nitrogens with zero attached hydrogens (tertiary/aromatic N) is 1. The van der Waals surface area contributed by atoms with Crippen molar-refractivity contribution in [3.8, 4) is 0 Å². The third kappa shape index (κ3) is 2.89. The molecular weight excluding hydrogens is 271 g/mol. The maximum atomic E-state index is 12.7. The number of carboxylic acid groups (broad SMARTS) is 1. The number of hydrogen-bond acceptors (Lipinski definition) is 2. The molecule has 0 spiro atoms. The van der Waals surface area contributed by atoms with Crippen molar-refractivity contribution in [3.05, 3.63) is 29.3 Å². The minimum atomic E-state index is -4.46. The van der Waals surface area contributed by atoms with Gasteiger partial charge < -0.3 is 10.0 Å². The standard InChI is InChI=1S/C14H16F3NO2/c1-2-3-9-7-18(8-9)12-6-10(14(15,16)17)4-5-11(12)13(19)20/h4-6,9H,2-3,7-8H2,1H3,(H,19,20). The zero-order chi connectivity index (χ0) is 14.9.